The molecule has 1 aromatic heterocycles. The van der Waals surface area contributed by atoms with E-state index in [-0.39, 0.29) is 6.04 Å². The van der Waals surface area contributed by atoms with Gasteiger partial charge in [-0.25, -0.2) is 0 Å². The van der Waals surface area contributed by atoms with Gasteiger partial charge >= 0.3 is 0 Å². The molecule has 1 aromatic carbocycles. The Morgan fingerprint density at radius 1 is 1.21 bits per heavy atom. The Hall–Kier alpha value is -0.380. The first-order valence-corrected chi connectivity index (χ1v) is 8.37. The van der Waals surface area contributed by atoms with E-state index in [0.717, 1.165) is 0 Å². The van der Waals surface area contributed by atoms with Crippen LogP contribution in [0.5, 0.6) is 0 Å². The predicted molar refractivity (Wildman–Crippen MR) is 87.5 cm³/mol. The summed E-state index contributed by atoms with van der Waals surface area (Å²) in [5, 5.41) is 3.55. The molecule has 102 valence electrons. The molecular formula is C16H20BrNS. The van der Waals surface area contributed by atoms with E-state index >= 15 is 0 Å². The van der Waals surface area contributed by atoms with E-state index in [1.165, 1.54) is 20.1 Å². The fourth-order valence-electron chi connectivity index (χ4n) is 3.62. The molecule has 1 unspecified atom stereocenters. The lowest BCUT2D eigenvalue weighted by Gasteiger charge is -2.13. The number of thiophene rings is 1. The Kier molecular flexibility index (Phi) is 2.91. The number of hydrogen-bond donors (Lipinski definition) is 1. The zero-order chi connectivity index (χ0) is 14.0. The summed E-state index contributed by atoms with van der Waals surface area (Å²) < 4.78 is 2.48. The summed E-state index contributed by atoms with van der Waals surface area (Å²) in [5.74, 6) is 0.553. The molecule has 0 aliphatic heterocycles. The molecule has 1 aliphatic carbocycles. The molecule has 19 heavy (non-hydrogen) atoms. The van der Waals surface area contributed by atoms with Crippen molar-refractivity contribution in [2.24, 2.45) is 22.5 Å². The molecule has 0 spiro atoms. The first-order chi connectivity index (χ1) is 8.78. The number of halogens is 1. The fourth-order valence-corrected chi connectivity index (χ4v) is 5.29. The van der Waals surface area contributed by atoms with Crippen molar-refractivity contribution < 1.29 is 0 Å². The van der Waals surface area contributed by atoms with E-state index in [4.69, 9.17) is 5.73 Å². The van der Waals surface area contributed by atoms with Gasteiger partial charge in [-0.05, 0) is 55.1 Å². The lowest BCUT2D eigenvalue weighted by Crippen LogP contribution is -2.16. The van der Waals surface area contributed by atoms with Gasteiger partial charge in [0.2, 0.25) is 0 Å². The number of nitrogens with two attached hydrogens (primary N) is 1. The van der Waals surface area contributed by atoms with Crippen LogP contribution in [0.25, 0.3) is 10.1 Å². The summed E-state index contributed by atoms with van der Waals surface area (Å²) in [6.07, 6.45) is 0. The van der Waals surface area contributed by atoms with Crippen molar-refractivity contribution in [1.82, 2.24) is 0 Å². The van der Waals surface area contributed by atoms with Crippen LogP contribution in [-0.2, 0) is 0 Å². The van der Waals surface area contributed by atoms with Crippen LogP contribution >= 0.6 is 27.3 Å². The standard InChI is InChI=1S/C16H20BrNS/c1-15(2)14(16(15,3)4)12(18)10-8-19-13-9(10)6-5-7-11(13)17/h5-8,12,14H,18H2,1-4H3. The maximum absolute atomic E-state index is 6.60. The minimum atomic E-state index is 0.132. The lowest BCUT2D eigenvalue weighted by molar-refractivity contribution is 0.457. The highest BCUT2D eigenvalue weighted by molar-refractivity contribution is 9.10. The van der Waals surface area contributed by atoms with Gasteiger partial charge in [0.1, 0.15) is 0 Å². The molecule has 1 aliphatic rings. The second-order valence-electron chi connectivity index (χ2n) is 6.75. The van der Waals surface area contributed by atoms with Crippen LogP contribution in [-0.4, -0.2) is 0 Å². The van der Waals surface area contributed by atoms with Crippen LogP contribution in [0.4, 0.5) is 0 Å². The molecule has 0 saturated heterocycles. The molecule has 0 bridgehead atoms. The quantitative estimate of drug-likeness (QED) is 0.785. The average Bonchev–Trinajstić information content (AvgIpc) is 2.66. The third-order valence-electron chi connectivity index (χ3n) is 5.43. The van der Waals surface area contributed by atoms with Crippen molar-refractivity contribution >= 4 is 37.4 Å². The van der Waals surface area contributed by atoms with Crippen LogP contribution in [0.2, 0.25) is 0 Å². The summed E-state index contributed by atoms with van der Waals surface area (Å²) in [7, 11) is 0. The molecule has 0 amide bonds. The molecule has 3 rings (SSSR count). The normalized spacial score (nSPS) is 22.6. The lowest BCUT2D eigenvalue weighted by atomic mass is 9.97. The Morgan fingerprint density at radius 2 is 1.84 bits per heavy atom. The Labute approximate surface area is 127 Å². The maximum atomic E-state index is 6.60. The van der Waals surface area contributed by atoms with E-state index in [2.05, 4.69) is 67.2 Å². The zero-order valence-corrected chi connectivity index (χ0v) is 14.2. The third-order valence-corrected chi connectivity index (χ3v) is 7.40. The van der Waals surface area contributed by atoms with Gasteiger partial charge < -0.3 is 5.73 Å². The van der Waals surface area contributed by atoms with Gasteiger partial charge in [-0.1, -0.05) is 39.8 Å². The molecule has 1 nitrogen and oxygen atoms in total. The van der Waals surface area contributed by atoms with Gasteiger partial charge in [-0.3, -0.25) is 0 Å². The highest BCUT2D eigenvalue weighted by Gasteiger charge is 2.66. The smallest absolute Gasteiger partial charge is 0.0488 e. The molecule has 1 heterocycles. The monoisotopic (exact) mass is 337 g/mol. The van der Waals surface area contributed by atoms with Crippen LogP contribution in [0.1, 0.15) is 39.3 Å². The molecular weight excluding hydrogens is 318 g/mol. The topological polar surface area (TPSA) is 26.0 Å². The average molecular weight is 338 g/mol. The maximum Gasteiger partial charge on any atom is 0.0488 e. The highest BCUT2D eigenvalue weighted by atomic mass is 79.9. The van der Waals surface area contributed by atoms with Crippen molar-refractivity contribution in [2.45, 2.75) is 33.7 Å². The third kappa shape index (κ3) is 1.75. The van der Waals surface area contributed by atoms with Crippen molar-refractivity contribution in [3.63, 3.8) is 0 Å². The number of benzene rings is 1. The number of hydrogen-bond acceptors (Lipinski definition) is 2. The van der Waals surface area contributed by atoms with Crippen LogP contribution < -0.4 is 5.73 Å². The Balaban J connectivity index is 2.05. The van der Waals surface area contributed by atoms with E-state index in [1.807, 2.05) is 0 Å². The van der Waals surface area contributed by atoms with Gasteiger partial charge in [-0.15, -0.1) is 11.3 Å². The van der Waals surface area contributed by atoms with Crippen molar-refractivity contribution in [3.05, 3.63) is 33.6 Å². The van der Waals surface area contributed by atoms with E-state index in [0.29, 0.717) is 16.7 Å². The van der Waals surface area contributed by atoms with Gasteiger partial charge in [-0.2, -0.15) is 0 Å². The summed E-state index contributed by atoms with van der Waals surface area (Å²) >= 11 is 5.41. The highest BCUT2D eigenvalue weighted by Crippen LogP contribution is 2.72. The summed E-state index contributed by atoms with van der Waals surface area (Å²) in [6, 6.07) is 6.51. The van der Waals surface area contributed by atoms with Crippen LogP contribution in [0, 0.1) is 16.7 Å². The van der Waals surface area contributed by atoms with Crippen molar-refractivity contribution in [3.8, 4) is 0 Å². The predicted octanol–water partition coefficient (Wildman–Crippen LogP) is 5.35. The number of fused-ring (bicyclic) bond motifs is 1. The minimum Gasteiger partial charge on any atom is -0.324 e. The number of rotatable bonds is 2. The zero-order valence-electron chi connectivity index (χ0n) is 11.8. The molecule has 2 aromatic rings. The van der Waals surface area contributed by atoms with E-state index in [9.17, 15) is 0 Å². The minimum absolute atomic E-state index is 0.132. The van der Waals surface area contributed by atoms with Crippen LogP contribution in [0.15, 0.2) is 28.1 Å². The summed E-state index contributed by atoms with van der Waals surface area (Å²) in [5.41, 5.74) is 8.57. The van der Waals surface area contributed by atoms with Crippen molar-refractivity contribution in [1.29, 1.82) is 0 Å². The summed E-state index contributed by atoms with van der Waals surface area (Å²) in [4.78, 5) is 0. The fraction of sp³-hybridized carbons (Fsp3) is 0.500. The first-order valence-electron chi connectivity index (χ1n) is 6.69. The van der Waals surface area contributed by atoms with E-state index < -0.39 is 0 Å². The van der Waals surface area contributed by atoms with Gasteiger partial charge in [0.05, 0.1) is 0 Å². The summed E-state index contributed by atoms with van der Waals surface area (Å²) in [6.45, 7) is 9.34. The molecule has 2 N–H and O–H groups in total. The molecule has 3 heteroatoms. The molecule has 1 saturated carbocycles. The van der Waals surface area contributed by atoms with Gasteiger partial charge in [0, 0.05) is 15.2 Å². The molecule has 0 radical (unpaired) electrons. The van der Waals surface area contributed by atoms with Crippen LogP contribution in [0.3, 0.4) is 0 Å². The van der Waals surface area contributed by atoms with Gasteiger partial charge in [0.25, 0.3) is 0 Å². The van der Waals surface area contributed by atoms with Crippen molar-refractivity contribution in [2.75, 3.05) is 0 Å². The second-order valence-corrected chi connectivity index (χ2v) is 8.49. The molecule has 1 fully saturated rings. The largest absolute Gasteiger partial charge is 0.324 e. The van der Waals surface area contributed by atoms with E-state index in [1.54, 1.807) is 11.3 Å². The first kappa shape index (κ1) is 13.6. The Morgan fingerprint density at radius 3 is 2.42 bits per heavy atom. The second kappa shape index (κ2) is 4.06. The van der Waals surface area contributed by atoms with Gasteiger partial charge in [0.15, 0.2) is 0 Å². The molecule has 1 atom stereocenters. The SMILES string of the molecule is CC1(C)C(C(N)c2csc3c(Br)cccc23)C1(C)C. The Bertz CT molecular complexity index is 627.